The van der Waals surface area contributed by atoms with E-state index in [2.05, 4.69) is 33.1 Å². The molecular weight excluding hydrogens is 320 g/mol. The Bertz CT molecular complexity index is 461. The highest BCUT2D eigenvalue weighted by Gasteiger charge is 2.05. The summed E-state index contributed by atoms with van der Waals surface area (Å²) in [6.07, 6.45) is 0.184. The van der Waals surface area contributed by atoms with Gasteiger partial charge in [-0.05, 0) is 25.0 Å². The fourth-order valence-corrected chi connectivity index (χ4v) is 1.68. The molecule has 1 aromatic carbocycles. The van der Waals surface area contributed by atoms with E-state index < -0.39 is 0 Å². The maximum Gasteiger partial charge on any atom is 0.315 e. The van der Waals surface area contributed by atoms with Gasteiger partial charge in [0.1, 0.15) is 0 Å². The minimum atomic E-state index is -0.217. The van der Waals surface area contributed by atoms with Crippen LogP contribution in [0.3, 0.4) is 0 Å². The number of urea groups is 1. The molecule has 2 N–H and O–H groups in total. The van der Waals surface area contributed by atoms with Gasteiger partial charge in [-0.2, -0.15) is 0 Å². The second-order valence-corrected chi connectivity index (χ2v) is 5.80. The standard InChI is InChI=1S/C15H21BrN2O2/c1-11(2)20-10-14-7-5-4-6-13(14)9-18-15(19)17-8-12(3)16/h4-7,11H,3,8-10H2,1-2H3,(H2,17,18,19). The summed E-state index contributed by atoms with van der Waals surface area (Å²) in [6.45, 7) is 9.09. The van der Waals surface area contributed by atoms with Crippen LogP contribution >= 0.6 is 15.9 Å². The Balaban J connectivity index is 2.50. The molecule has 0 aromatic heterocycles. The molecule has 0 saturated carbocycles. The Kier molecular flexibility index (Phi) is 7.33. The zero-order valence-electron chi connectivity index (χ0n) is 11.9. The Labute approximate surface area is 128 Å². The minimum absolute atomic E-state index is 0.184. The number of hydrogen-bond donors (Lipinski definition) is 2. The van der Waals surface area contributed by atoms with Crippen LogP contribution in [0.5, 0.6) is 0 Å². The number of carbonyl (C=O) groups excluding carboxylic acids is 1. The lowest BCUT2D eigenvalue weighted by molar-refractivity contribution is 0.0652. The lowest BCUT2D eigenvalue weighted by Gasteiger charge is -2.13. The first-order chi connectivity index (χ1) is 9.49. The third-order valence-electron chi connectivity index (χ3n) is 2.57. The van der Waals surface area contributed by atoms with E-state index in [0.717, 1.165) is 15.6 Å². The molecule has 0 heterocycles. The fourth-order valence-electron chi connectivity index (χ4n) is 1.54. The monoisotopic (exact) mass is 340 g/mol. The van der Waals surface area contributed by atoms with Crippen molar-refractivity contribution in [3.63, 3.8) is 0 Å². The minimum Gasteiger partial charge on any atom is -0.374 e. The SMILES string of the molecule is C=C(Br)CNC(=O)NCc1ccccc1COC(C)C. The van der Waals surface area contributed by atoms with Crippen molar-refractivity contribution in [1.29, 1.82) is 0 Å². The normalized spacial score (nSPS) is 10.4. The molecule has 110 valence electrons. The largest absolute Gasteiger partial charge is 0.374 e. The van der Waals surface area contributed by atoms with E-state index in [1.54, 1.807) is 0 Å². The van der Waals surface area contributed by atoms with Crippen molar-refractivity contribution < 1.29 is 9.53 Å². The number of hydrogen-bond acceptors (Lipinski definition) is 2. The topological polar surface area (TPSA) is 50.4 Å². The van der Waals surface area contributed by atoms with E-state index in [1.807, 2.05) is 38.1 Å². The smallest absolute Gasteiger partial charge is 0.315 e. The van der Waals surface area contributed by atoms with Crippen LogP contribution in [0.25, 0.3) is 0 Å². The van der Waals surface area contributed by atoms with E-state index in [0.29, 0.717) is 19.7 Å². The molecule has 2 amide bonds. The van der Waals surface area contributed by atoms with E-state index in [-0.39, 0.29) is 12.1 Å². The zero-order valence-corrected chi connectivity index (χ0v) is 13.5. The van der Waals surface area contributed by atoms with Crippen molar-refractivity contribution in [3.05, 3.63) is 46.5 Å². The van der Waals surface area contributed by atoms with E-state index in [9.17, 15) is 4.79 Å². The van der Waals surface area contributed by atoms with Gasteiger partial charge in [-0.3, -0.25) is 0 Å². The first-order valence-corrected chi connectivity index (χ1v) is 7.31. The van der Waals surface area contributed by atoms with Gasteiger partial charge in [0.05, 0.1) is 19.3 Å². The van der Waals surface area contributed by atoms with Crippen LogP contribution < -0.4 is 10.6 Å². The Morgan fingerprint density at radius 1 is 1.30 bits per heavy atom. The molecule has 0 fully saturated rings. The number of amides is 2. The molecule has 1 rings (SSSR count). The Morgan fingerprint density at radius 3 is 2.55 bits per heavy atom. The average molecular weight is 341 g/mol. The second kappa shape index (κ2) is 8.76. The van der Waals surface area contributed by atoms with E-state index >= 15 is 0 Å². The van der Waals surface area contributed by atoms with Gasteiger partial charge in [0.2, 0.25) is 0 Å². The molecule has 0 unspecified atom stereocenters. The third kappa shape index (κ3) is 6.73. The van der Waals surface area contributed by atoms with Gasteiger partial charge in [-0.1, -0.05) is 46.8 Å². The summed E-state index contributed by atoms with van der Waals surface area (Å²) in [5.74, 6) is 0. The van der Waals surface area contributed by atoms with E-state index in [1.165, 1.54) is 0 Å². The van der Waals surface area contributed by atoms with Crippen molar-refractivity contribution in [3.8, 4) is 0 Å². The lowest BCUT2D eigenvalue weighted by atomic mass is 10.1. The molecule has 20 heavy (non-hydrogen) atoms. The first kappa shape index (κ1) is 16.7. The van der Waals surface area contributed by atoms with Gasteiger partial charge >= 0.3 is 6.03 Å². The molecule has 0 aliphatic heterocycles. The van der Waals surface area contributed by atoms with Crippen LogP contribution in [0.2, 0.25) is 0 Å². The number of rotatable bonds is 7. The molecular formula is C15H21BrN2O2. The highest BCUT2D eigenvalue weighted by atomic mass is 79.9. The van der Waals surface area contributed by atoms with Crippen LogP contribution in [0.4, 0.5) is 4.79 Å². The van der Waals surface area contributed by atoms with Gasteiger partial charge in [0, 0.05) is 11.0 Å². The first-order valence-electron chi connectivity index (χ1n) is 6.52. The number of halogens is 1. The van der Waals surface area contributed by atoms with Crippen LogP contribution in [0.1, 0.15) is 25.0 Å². The van der Waals surface area contributed by atoms with Gasteiger partial charge < -0.3 is 15.4 Å². The van der Waals surface area contributed by atoms with Crippen molar-refractivity contribution in [2.24, 2.45) is 0 Å². The van der Waals surface area contributed by atoms with E-state index in [4.69, 9.17) is 4.74 Å². The summed E-state index contributed by atoms with van der Waals surface area (Å²) >= 11 is 3.19. The maximum atomic E-state index is 11.6. The predicted molar refractivity (Wildman–Crippen MR) is 84.7 cm³/mol. The van der Waals surface area contributed by atoms with Crippen molar-refractivity contribution in [1.82, 2.24) is 10.6 Å². The van der Waals surface area contributed by atoms with Crippen molar-refractivity contribution in [2.45, 2.75) is 33.1 Å². The molecule has 1 aromatic rings. The summed E-state index contributed by atoms with van der Waals surface area (Å²) in [5, 5.41) is 5.51. The summed E-state index contributed by atoms with van der Waals surface area (Å²) in [5.41, 5.74) is 2.15. The van der Waals surface area contributed by atoms with Crippen molar-refractivity contribution in [2.75, 3.05) is 6.54 Å². The predicted octanol–water partition coefficient (Wildman–Crippen LogP) is 3.32. The highest BCUT2D eigenvalue weighted by Crippen LogP contribution is 2.11. The quantitative estimate of drug-likeness (QED) is 0.799. The van der Waals surface area contributed by atoms with Gasteiger partial charge in [0.25, 0.3) is 0 Å². The molecule has 4 nitrogen and oxygen atoms in total. The molecule has 0 spiro atoms. The molecule has 5 heteroatoms. The van der Waals surface area contributed by atoms with Gasteiger partial charge in [-0.25, -0.2) is 4.79 Å². The Hall–Kier alpha value is -1.33. The third-order valence-corrected chi connectivity index (χ3v) is 2.85. The fraction of sp³-hybridized carbons (Fsp3) is 0.400. The second-order valence-electron chi connectivity index (χ2n) is 4.68. The van der Waals surface area contributed by atoms with Crippen LogP contribution in [-0.4, -0.2) is 18.7 Å². The average Bonchev–Trinajstić information content (AvgIpc) is 2.41. The van der Waals surface area contributed by atoms with Crippen LogP contribution in [0, 0.1) is 0 Å². The summed E-state index contributed by atoms with van der Waals surface area (Å²) < 4.78 is 6.34. The van der Waals surface area contributed by atoms with Crippen molar-refractivity contribution >= 4 is 22.0 Å². The molecule has 0 saturated heterocycles. The Morgan fingerprint density at radius 2 is 1.95 bits per heavy atom. The molecule has 0 atom stereocenters. The number of ether oxygens (including phenoxy) is 1. The lowest BCUT2D eigenvalue weighted by Crippen LogP contribution is -2.35. The number of benzene rings is 1. The highest BCUT2D eigenvalue weighted by molar-refractivity contribution is 9.11. The zero-order chi connectivity index (χ0) is 15.0. The summed E-state index contributed by atoms with van der Waals surface area (Å²) in [6, 6.07) is 7.71. The molecule has 0 aliphatic carbocycles. The molecule has 0 aliphatic rings. The summed E-state index contributed by atoms with van der Waals surface area (Å²) in [4.78, 5) is 11.6. The number of nitrogens with one attached hydrogen (secondary N) is 2. The van der Waals surface area contributed by atoms with Crippen LogP contribution in [-0.2, 0) is 17.9 Å². The molecule has 0 radical (unpaired) electrons. The maximum absolute atomic E-state index is 11.6. The number of carbonyl (C=O) groups is 1. The van der Waals surface area contributed by atoms with Gasteiger partial charge in [0.15, 0.2) is 0 Å². The van der Waals surface area contributed by atoms with Gasteiger partial charge in [-0.15, -0.1) is 0 Å². The summed E-state index contributed by atoms with van der Waals surface area (Å²) in [7, 11) is 0. The molecule has 0 bridgehead atoms. The van der Waals surface area contributed by atoms with Crippen LogP contribution in [0.15, 0.2) is 35.3 Å².